The number of hydrogen-bond donors (Lipinski definition) is 0. The van der Waals surface area contributed by atoms with Crippen LogP contribution in [0.3, 0.4) is 0 Å². The molecule has 0 amide bonds. The van der Waals surface area contributed by atoms with E-state index in [1.807, 2.05) is 49.6 Å². The predicted molar refractivity (Wildman–Crippen MR) is 114 cm³/mol. The third-order valence-corrected chi connectivity index (χ3v) is 5.76. The van der Waals surface area contributed by atoms with Gasteiger partial charge < -0.3 is 4.42 Å². The van der Waals surface area contributed by atoms with Crippen molar-refractivity contribution in [1.82, 2.24) is 9.55 Å². The molecule has 1 aliphatic rings. The Kier molecular flexibility index (Phi) is 4.22. The lowest BCUT2D eigenvalue weighted by Gasteiger charge is -2.13. The summed E-state index contributed by atoms with van der Waals surface area (Å²) in [5, 5.41) is 0.680. The summed E-state index contributed by atoms with van der Waals surface area (Å²) < 4.78 is 8.77. The van der Waals surface area contributed by atoms with Crippen molar-refractivity contribution in [2.24, 2.45) is 4.99 Å². The molecule has 0 fully saturated rings. The third-order valence-electron chi connectivity index (χ3n) is 4.93. The molecule has 1 aliphatic heterocycles. The van der Waals surface area contributed by atoms with Crippen molar-refractivity contribution in [2.45, 2.75) is 13.5 Å². The molecule has 0 atom stereocenters. The van der Waals surface area contributed by atoms with E-state index in [1.165, 1.54) is 0 Å². The van der Waals surface area contributed by atoms with Crippen LogP contribution in [0.25, 0.3) is 17.1 Å². The molecule has 0 radical (unpaired) electrons. The molecule has 6 heteroatoms. The highest BCUT2D eigenvalue weighted by Crippen LogP contribution is 2.34. The van der Waals surface area contributed by atoms with Gasteiger partial charge in [-0.15, -0.1) is 0 Å². The number of halogens is 2. The maximum atomic E-state index is 6.51. The first-order valence-corrected chi connectivity index (χ1v) is 10.0. The Bertz CT molecular complexity index is 1240. The lowest BCUT2D eigenvalue weighted by molar-refractivity contribution is 0.578. The standard InChI is InChI=1S/C22H15BrClN3O/c1-13-8-9-28-22(13)21-19-11-25-20(15-4-2-3-5-17(15)24)16-10-14(23)6-7-18(16)27(19)12-26-21/h2-10,12H,11H2,1H3. The minimum absolute atomic E-state index is 0.475. The van der Waals surface area contributed by atoms with Crippen LogP contribution in [-0.4, -0.2) is 15.3 Å². The van der Waals surface area contributed by atoms with E-state index in [0.717, 1.165) is 49.7 Å². The van der Waals surface area contributed by atoms with Crippen molar-refractivity contribution in [1.29, 1.82) is 0 Å². The molecule has 0 aliphatic carbocycles. The zero-order valence-electron chi connectivity index (χ0n) is 15.0. The van der Waals surface area contributed by atoms with Gasteiger partial charge in [0.2, 0.25) is 0 Å². The smallest absolute Gasteiger partial charge is 0.157 e. The molecular weight excluding hydrogens is 438 g/mol. The van der Waals surface area contributed by atoms with E-state index in [0.29, 0.717) is 11.6 Å². The first-order chi connectivity index (χ1) is 13.6. The summed E-state index contributed by atoms with van der Waals surface area (Å²) in [6.45, 7) is 2.49. The molecule has 28 heavy (non-hydrogen) atoms. The van der Waals surface area contributed by atoms with Gasteiger partial charge in [0, 0.05) is 20.6 Å². The van der Waals surface area contributed by atoms with E-state index in [2.05, 4.69) is 37.6 Å². The third kappa shape index (κ3) is 2.74. The van der Waals surface area contributed by atoms with Gasteiger partial charge in [0.15, 0.2) is 5.76 Å². The summed E-state index contributed by atoms with van der Waals surface area (Å²) in [6.07, 6.45) is 3.53. The largest absolute Gasteiger partial charge is 0.462 e. The number of aliphatic imine (C=N–C) groups is 1. The van der Waals surface area contributed by atoms with Crippen molar-refractivity contribution in [3.8, 4) is 17.1 Å². The number of fused-ring (bicyclic) bond motifs is 3. The molecule has 2 aromatic heterocycles. The second kappa shape index (κ2) is 6.76. The number of furan rings is 1. The number of rotatable bonds is 2. The summed E-state index contributed by atoms with van der Waals surface area (Å²) in [5.74, 6) is 0.781. The van der Waals surface area contributed by atoms with E-state index in [1.54, 1.807) is 6.26 Å². The summed E-state index contributed by atoms with van der Waals surface area (Å²) in [5.41, 5.74) is 6.66. The molecule has 3 heterocycles. The van der Waals surface area contributed by atoms with Gasteiger partial charge in [-0.1, -0.05) is 45.7 Å². The molecule has 4 nitrogen and oxygen atoms in total. The van der Waals surface area contributed by atoms with Gasteiger partial charge in [-0.25, -0.2) is 4.98 Å². The van der Waals surface area contributed by atoms with Gasteiger partial charge in [-0.05, 0) is 42.8 Å². The molecule has 5 rings (SSSR count). The van der Waals surface area contributed by atoms with Gasteiger partial charge in [0.25, 0.3) is 0 Å². The van der Waals surface area contributed by atoms with Crippen molar-refractivity contribution < 1.29 is 4.42 Å². The quantitative estimate of drug-likeness (QED) is 0.363. The minimum Gasteiger partial charge on any atom is -0.462 e. The maximum absolute atomic E-state index is 6.51. The van der Waals surface area contributed by atoms with E-state index in [9.17, 15) is 0 Å². The fourth-order valence-corrected chi connectivity index (χ4v) is 4.15. The van der Waals surface area contributed by atoms with Crippen LogP contribution < -0.4 is 0 Å². The Morgan fingerprint density at radius 3 is 2.75 bits per heavy atom. The molecular formula is C22H15BrClN3O. The number of hydrogen-bond acceptors (Lipinski definition) is 3. The SMILES string of the molecule is Cc1ccoc1-c1ncn2c1CN=C(c1ccccc1Cl)c1cc(Br)ccc1-2. The van der Waals surface area contributed by atoms with Crippen molar-refractivity contribution >= 4 is 33.2 Å². The van der Waals surface area contributed by atoms with Crippen molar-refractivity contribution in [3.63, 3.8) is 0 Å². The Morgan fingerprint density at radius 1 is 1.11 bits per heavy atom. The molecule has 0 N–H and O–H groups in total. The van der Waals surface area contributed by atoms with Gasteiger partial charge >= 0.3 is 0 Å². The highest BCUT2D eigenvalue weighted by atomic mass is 79.9. The first-order valence-electron chi connectivity index (χ1n) is 8.84. The minimum atomic E-state index is 0.475. The van der Waals surface area contributed by atoms with Crippen molar-refractivity contribution in [2.75, 3.05) is 0 Å². The van der Waals surface area contributed by atoms with E-state index < -0.39 is 0 Å². The van der Waals surface area contributed by atoms with Crippen LogP contribution in [0.4, 0.5) is 0 Å². The monoisotopic (exact) mass is 451 g/mol. The summed E-state index contributed by atoms with van der Waals surface area (Å²) in [6, 6.07) is 15.9. The zero-order chi connectivity index (χ0) is 19.3. The summed E-state index contributed by atoms with van der Waals surface area (Å²) in [7, 11) is 0. The summed E-state index contributed by atoms with van der Waals surface area (Å²) in [4.78, 5) is 9.60. The van der Waals surface area contributed by atoms with Crippen LogP contribution in [0.1, 0.15) is 22.4 Å². The highest BCUT2D eigenvalue weighted by molar-refractivity contribution is 9.10. The van der Waals surface area contributed by atoms with E-state index in [4.69, 9.17) is 21.0 Å². The number of benzene rings is 2. The second-order valence-corrected chi connectivity index (χ2v) is 7.97. The first kappa shape index (κ1) is 17.5. The average Bonchev–Trinajstić information content (AvgIpc) is 3.25. The Hall–Kier alpha value is -2.63. The van der Waals surface area contributed by atoms with Crippen LogP contribution >= 0.6 is 27.5 Å². The van der Waals surface area contributed by atoms with Gasteiger partial charge in [-0.3, -0.25) is 9.56 Å². The zero-order valence-corrected chi connectivity index (χ0v) is 17.3. The molecule has 138 valence electrons. The van der Waals surface area contributed by atoms with Crippen LogP contribution in [-0.2, 0) is 6.54 Å². The highest BCUT2D eigenvalue weighted by Gasteiger charge is 2.24. The molecule has 0 spiro atoms. The molecule has 4 aromatic rings. The topological polar surface area (TPSA) is 43.3 Å². The lowest BCUT2D eigenvalue weighted by Crippen LogP contribution is -2.07. The maximum Gasteiger partial charge on any atom is 0.157 e. The molecule has 0 bridgehead atoms. The molecule has 0 unspecified atom stereocenters. The second-order valence-electron chi connectivity index (χ2n) is 6.65. The van der Waals surface area contributed by atoms with Gasteiger partial charge in [-0.2, -0.15) is 0 Å². The Morgan fingerprint density at radius 2 is 1.96 bits per heavy atom. The Labute approximate surface area is 175 Å². The van der Waals surface area contributed by atoms with Gasteiger partial charge in [0.1, 0.15) is 12.0 Å². The van der Waals surface area contributed by atoms with Crippen LogP contribution in [0.5, 0.6) is 0 Å². The molecule has 0 saturated carbocycles. The average molecular weight is 453 g/mol. The summed E-state index contributed by atoms with van der Waals surface area (Å²) >= 11 is 10.1. The van der Waals surface area contributed by atoms with Crippen LogP contribution in [0.2, 0.25) is 5.02 Å². The predicted octanol–water partition coefficient (Wildman–Crippen LogP) is 6.21. The molecule has 2 aromatic carbocycles. The number of aryl methyl sites for hydroxylation is 1. The van der Waals surface area contributed by atoms with Crippen LogP contribution in [0.15, 0.2) is 75.0 Å². The van der Waals surface area contributed by atoms with E-state index >= 15 is 0 Å². The van der Waals surface area contributed by atoms with E-state index in [-0.39, 0.29) is 0 Å². The Balaban J connectivity index is 1.77. The fourth-order valence-electron chi connectivity index (χ4n) is 3.57. The number of aromatic nitrogens is 2. The normalized spacial score (nSPS) is 12.9. The molecule has 0 saturated heterocycles. The lowest BCUT2D eigenvalue weighted by atomic mass is 10.0. The van der Waals surface area contributed by atoms with Gasteiger partial charge in [0.05, 0.1) is 29.9 Å². The van der Waals surface area contributed by atoms with Crippen molar-refractivity contribution in [3.05, 3.63) is 93.0 Å². The number of imidazole rings is 1. The number of nitrogens with zero attached hydrogens (tertiary/aromatic N) is 3. The van der Waals surface area contributed by atoms with Crippen LogP contribution in [0, 0.1) is 6.92 Å². The fraction of sp³-hybridized carbons (Fsp3) is 0.0909.